The van der Waals surface area contributed by atoms with E-state index < -0.39 is 11.9 Å². The van der Waals surface area contributed by atoms with Crippen molar-refractivity contribution in [3.05, 3.63) is 34.9 Å². The smallest absolute Gasteiger partial charge is 0.342 e. The summed E-state index contributed by atoms with van der Waals surface area (Å²) < 4.78 is 12.3. The van der Waals surface area contributed by atoms with Gasteiger partial charge in [0, 0.05) is 14.1 Å². The maximum absolute atomic E-state index is 11.3. The number of aldehydes is 1. The first-order valence-electron chi connectivity index (χ1n) is 7.84. The van der Waals surface area contributed by atoms with Gasteiger partial charge in [-0.25, -0.2) is 9.59 Å². The molecule has 0 unspecified atom stereocenters. The molecular weight excluding hydrogens is 344 g/mol. The standard InChI is InChI=1S/C8H12N2O3.C8H10N2O3/c2*1-3-13-8(12)6-4-9-10(2)7(6)5-11/h4,11H,3,5H2,1-2H3;4-5H,3H2,1-2H3. The first kappa shape index (κ1) is 21.0. The van der Waals surface area contributed by atoms with Crippen LogP contribution in [0.5, 0.6) is 0 Å². The van der Waals surface area contributed by atoms with Crippen LogP contribution in [0.25, 0.3) is 0 Å². The van der Waals surface area contributed by atoms with Gasteiger partial charge in [0.25, 0.3) is 0 Å². The fourth-order valence-corrected chi connectivity index (χ4v) is 1.98. The minimum Gasteiger partial charge on any atom is -0.462 e. The van der Waals surface area contributed by atoms with E-state index >= 15 is 0 Å². The molecule has 0 aromatic carbocycles. The number of rotatable bonds is 6. The third kappa shape index (κ3) is 4.99. The van der Waals surface area contributed by atoms with Crippen LogP contribution in [0.1, 0.15) is 50.7 Å². The van der Waals surface area contributed by atoms with Gasteiger partial charge in [-0.3, -0.25) is 14.2 Å². The van der Waals surface area contributed by atoms with Gasteiger partial charge < -0.3 is 14.6 Å². The second-order valence-corrected chi connectivity index (χ2v) is 4.91. The predicted molar refractivity (Wildman–Crippen MR) is 89.6 cm³/mol. The van der Waals surface area contributed by atoms with Gasteiger partial charge in [0.05, 0.1) is 37.9 Å². The fourth-order valence-electron chi connectivity index (χ4n) is 1.98. The van der Waals surface area contributed by atoms with E-state index in [-0.39, 0.29) is 24.5 Å². The molecule has 10 heteroatoms. The third-order valence-electron chi connectivity index (χ3n) is 3.30. The zero-order valence-corrected chi connectivity index (χ0v) is 15.1. The zero-order chi connectivity index (χ0) is 19.7. The molecule has 0 aliphatic rings. The number of aromatic nitrogens is 4. The number of esters is 2. The van der Waals surface area contributed by atoms with Crippen molar-refractivity contribution in [2.75, 3.05) is 13.2 Å². The van der Waals surface area contributed by atoms with Gasteiger partial charge in [-0.1, -0.05) is 0 Å². The van der Waals surface area contributed by atoms with Crippen molar-refractivity contribution in [2.24, 2.45) is 14.1 Å². The summed E-state index contributed by atoms with van der Waals surface area (Å²) in [7, 11) is 3.25. The first-order chi connectivity index (χ1) is 12.4. The SMILES string of the molecule is CCOC(=O)c1cnn(C)c1C=O.CCOC(=O)c1cnn(C)c1CO. The predicted octanol–water partition coefficient (Wildman–Crippen LogP) is 0.498. The molecular formula is C16H22N4O6. The second-order valence-electron chi connectivity index (χ2n) is 4.91. The Hall–Kier alpha value is -3.01. The molecule has 10 nitrogen and oxygen atoms in total. The molecule has 0 fully saturated rings. The Kier molecular flexibility index (Phi) is 8.16. The van der Waals surface area contributed by atoms with Crippen molar-refractivity contribution in [1.82, 2.24) is 19.6 Å². The Morgan fingerprint density at radius 2 is 1.54 bits per heavy atom. The van der Waals surface area contributed by atoms with Crippen LogP contribution in [0, 0.1) is 0 Å². The molecule has 0 aliphatic carbocycles. The third-order valence-corrected chi connectivity index (χ3v) is 3.30. The molecule has 0 saturated heterocycles. The molecule has 2 rings (SSSR count). The number of aliphatic hydroxyl groups is 1. The molecule has 2 heterocycles. The molecule has 2 aromatic rings. The Labute approximate surface area is 150 Å². The quantitative estimate of drug-likeness (QED) is 0.578. The average Bonchev–Trinajstić information content (AvgIpc) is 3.18. The summed E-state index contributed by atoms with van der Waals surface area (Å²) >= 11 is 0. The number of carbonyl (C=O) groups excluding carboxylic acids is 3. The Balaban J connectivity index is 0.000000260. The minimum absolute atomic E-state index is 0.208. The van der Waals surface area contributed by atoms with Crippen molar-refractivity contribution < 1.29 is 29.0 Å². The van der Waals surface area contributed by atoms with Crippen LogP contribution < -0.4 is 0 Å². The van der Waals surface area contributed by atoms with E-state index in [1.54, 1.807) is 27.9 Å². The molecule has 0 saturated carbocycles. The van der Waals surface area contributed by atoms with Gasteiger partial charge >= 0.3 is 11.9 Å². The van der Waals surface area contributed by atoms with Gasteiger partial charge in [-0.15, -0.1) is 0 Å². The topological polar surface area (TPSA) is 126 Å². The van der Waals surface area contributed by atoms with Crippen LogP contribution in [0.4, 0.5) is 0 Å². The number of hydrogen-bond acceptors (Lipinski definition) is 8. The summed E-state index contributed by atoms with van der Waals surface area (Å²) in [4.78, 5) is 33.0. The van der Waals surface area contributed by atoms with Gasteiger partial charge in [-0.05, 0) is 13.8 Å². The highest BCUT2D eigenvalue weighted by atomic mass is 16.5. The summed E-state index contributed by atoms with van der Waals surface area (Å²) in [5, 5.41) is 16.6. The number of aliphatic hydroxyl groups excluding tert-OH is 1. The molecule has 142 valence electrons. The normalized spacial score (nSPS) is 9.88. The lowest BCUT2D eigenvalue weighted by Crippen LogP contribution is -2.08. The first-order valence-corrected chi connectivity index (χ1v) is 7.84. The van der Waals surface area contributed by atoms with Gasteiger partial charge in [-0.2, -0.15) is 10.2 Å². The summed E-state index contributed by atoms with van der Waals surface area (Å²) in [5.41, 5.74) is 1.24. The molecule has 2 aromatic heterocycles. The van der Waals surface area contributed by atoms with Gasteiger partial charge in [0.2, 0.25) is 0 Å². The Morgan fingerprint density at radius 3 is 2.04 bits per heavy atom. The fraction of sp³-hybridized carbons (Fsp3) is 0.438. The number of hydrogen-bond donors (Lipinski definition) is 1. The summed E-state index contributed by atoms with van der Waals surface area (Å²) in [5.74, 6) is -0.961. The van der Waals surface area contributed by atoms with Crippen molar-refractivity contribution in [2.45, 2.75) is 20.5 Å². The summed E-state index contributed by atoms with van der Waals surface area (Å²) in [6, 6.07) is 0. The Morgan fingerprint density at radius 1 is 1.04 bits per heavy atom. The number of nitrogens with zero attached hydrogens (tertiary/aromatic N) is 4. The van der Waals surface area contributed by atoms with E-state index in [2.05, 4.69) is 10.2 Å². The molecule has 0 spiro atoms. The molecule has 1 N–H and O–H groups in total. The summed E-state index contributed by atoms with van der Waals surface area (Å²) in [6.07, 6.45) is 3.30. The van der Waals surface area contributed by atoms with Crippen molar-refractivity contribution in [3.8, 4) is 0 Å². The van der Waals surface area contributed by atoms with Crippen LogP contribution in [0.2, 0.25) is 0 Å². The minimum atomic E-state index is -0.516. The maximum Gasteiger partial charge on any atom is 0.342 e. The molecule has 26 heavy (non-hydrogen) atoms. The zero-order valence-electron chi connectivity index (χ0n) is 15.1. The van der Waals surface area contributed by atoms with Crippen LogP contribution in [-0.2, 0) is 30.2 Å². The average molecular weight is 366 g/mol. The van der Waals surface area contributed by atoms with Crippen LogP contribution in [0.15, 0.2) is 12.4 Å². The van der Waals surface area contributed by atoms with E-state index in [4.69, 9.17) is 14.6 Å². The van der Waals surface area contributed by atoms with E-state index in [9.17, 15) is 14.4 Å². The molecule has 0 radical (unpaired) electrons. The van der Waals surface area contributed by atoms with E-state index in [0.29, 0.717) is 24.2 Å². The second kappa shape index (κ2) is 10.1. The van der Waals surface area contributed by atoms with E-state index in [1.807, 2.05) is 0 Å². The van der Waals surface area contributed by atoms with Crippen LogP contribution >= 0.6 is 0 Å². The number of ether oxygens (including phenoxy) is 2. The van der Waals surface area contributed by atoms with Crippen LogP contribution in [0.3, 0.4) is 0 Å². The van der Waals surface area contributed by atoms with E-state index in [1.165, 1.54) is 21.8 Å². The lowest BCUT2D eigenvalue weighted by molar-refractivity contribution is 0.0514. The van der Waals surface area contributed by atoms with Crippen LogP contribution in [-0.4, -0.2) is 56.1 Å². The molecule has 0 bridgehead atoms. The largest absolute Gasteiger partial charge is 0.462 e. The summed E-state index contributed by atoms with van der Waals surface area (Å²) in [6.45, 7) is 3.82. The van der Waals surface area contributed by atoms with Gasteiger partial charge in [0.15, 0.2) is 6.29 Å². The maximum atomic E-state index is 11.3. The number of carbonyl (C=O) groups is 3. The highest BCUT2D eigenvalue weighted by molar-refractivity contribution is 5.97. The molecule has 0 aliphatic heterocycles. The lowest BCUT2D eigenvalue weighted by atomic mass is 10.2. The van der Waals surface area contributed by atoms with Crippen molar-refractivity contribution in [3.63, 3.8) is 0 Å². The monoisotopic (exact) mass is 366 g/mol. The highest BCUT2D eigenvalue weighted by Crippen LogP contribution is 2.08. The highest BCUT2D eigenvalue weighted by Gasteiger charge is 2.16. The number of aryl methyl sites for hydroxylation is 2. The van der Waals surface area contributed by atoms with Gasteiger partial charge in [0.1, 0.15) is 16.8 Å². The molecule has 0 amide bonds. The lowest BCUT2D eigenvalue weighted by Gasteiger charge is -2.01. The van der Waals surface area contributed by atoms with Crippen molar-refractivity contribution >= 4 is 18.2 Å². The van der Waals surface area contributed by atoms with Crippen molar-refractivity contribution in [1.29, 1.82) is 0 Å². The van der Waals surface area contributed by atoms with E-state index in [0.717, 1.165) is 0 Å². The molecule has 0 atom stereocenters. The Bertz CT molecular complexity index is 765.